The zero-order valence-corrected chi connectivity index (χ0v) is 34.1. The lowest BCUT2D eigenvalue weighted by Crippen LogP contribution is -2.27. The van der Waals surface area contributed by atoms with E-state index in [1.807, 2.05) is 62.4 Å². The van der Waals surface area contributed by atoms with Gasteiger partial charge in [0.1, 0.15) is 33.3 Å². The lowest BCUT2D eigenvalue weighted by molar-refractivity contribution is -0.114. The Balaban J connectivity index is 0.000000224. The third-order valence-corrected chi connectivity index (χ3v) is 10.4. The van der Waals surface area contributed by atoms with Crippen molar-refractivity contribution in [2.45, 2.75) is 33.2 Å². The minimum absolute atomic E-state index is 0.0251. The zero-order valence-electron chi connectivity index (χ0n) is 32.4. The van der Waals surface area contributed by atoms with Crippen LogP contribution in [0.15, 0.2) is 113 Å². The Labute approximate surface area is 348 Å². The number of hydrogen-bond acceptors (Lipinski definition) is 13. The van der Waals surface area contributed by atoms with E-state index in [-0.39, 0.29) is 34.1 Å². The van der Waals surface area contributed by atoms with Gasteiger partial charge in [-0.3, -0.25) is 9.59 Å². The summed E-state index contributed by atoms with van der Waals surface area (Å²) in [4.78, 5) is 32.0. The van der Waals surface area contributed by atoms with Crippen LogP contribution in [0, 0.1) is 22.7 Å². The van der Waals surface area contributed by atoms with Crippen molar-refractivity contribution in [1.29, 1.82) is 10.5 Å². The number of ether oxygens (including phenoxy) is 2. The fourth-order valence-electron chi connectivity index (χ4n) is 5.26. The molecule has 14 nitrogen and oxygen atoms in total. The smallest absolute Gasteiger partial charge is 0.290 e. The third kappa shape index (κ3) is 11.1. The number of carbonyl (C=O) groups excluding carboxylic acids is 2. The number of hydrogen-bond donors (Lipinski definition) is 2. The fraction of sp³-hybridized carbons (Fsp3) is 0.163. The predicted molar refractivity (Wildman–Crippen MR) is 225 cm³/mol. The highest BCUT2D eigenvalue weighted by atomic mass is 32.1. The number of para-hydroxylation sites is 1. The molecule has 2 heterocycles. The largest absolute Gasteiger partial charge is 0.504 e. The first-order valence-corrected chi connectivity index (χ1v) is 19.6. The van der Waals surface area contributed by atoms with Gasteiger partial charge < -0.3 is 19.7 Å². The van der Waals surface area contributed by atoms with E-state index >= 15 is 0 Å². The van der Waals surface area contributed by atoms with Gasteiger partial charge in [-0.15, -0.1) is 10.2 Å². The summed E-state index contributed by atoms with van der Waals surface area (Å²) < 4.78 is 11.8. The molecule has 0 saturated heterocycles. The van der Waals surface area contributed by atoms with E-state index in [0.717, 1.165) is 22.0 Å². The quantitative estimate of drug-likeness (QED) is 0.0921. The van der Waals surface area contributed by atoms with Gasteiger partial charge in [0.05, 0.1) is 26.5 Å². The molecule has 0 bridgehead atoms. The maximum atomic E-state index is 13.3. The van der Waals surface area contributed by atoms with E-state index in [1.165, 1.54) is 72.1 Å². The normalized spacial score (nSPS) is 11.5. The highest BCUT2D eigenvalue weighted by Crippen LogP contribution is 2.32. The average molecular weight is 827 g/mol. The number of phenolic OH excluding ortho intramolecular Hbond substituents is 2. The number of phenols is 2. The van der Waals surface area contributed by atoms with Crippen molar-refractivity contribution in [3.8, 4) is 35.1 Å². The van der Waals surface area contributed by atoms with Crippen LogP contribution in [0.2, 0.25) is 0 Å². The lowest BCUT2D eigenvalue weighted by Gasteiger charge is -2.19. The average Bonchev–Trinajstić information content (AvgIpc) is 3.90. The number of nitriles is 2. The second kappa shape index (κ2) is 20.7. The Morgan fingerprint density at radius 3 is 1.86 bits per heavy atom. The van der Waals surface area contributed by atoms with Gasteiger partial charge in [0.2, 0.25) is 9.93 Å². The van der Waals surface area contributed by atoms with Crippen LogP contribution in [0.25, 0.3) is 12.2 Å². The molecule has 0 spiro atoms. The summed E-state index contributed by atoms with van der Waals surface area (Å²) in [5, 5.41) is 53.4. The first-order chi connectivity index (χ1) is 28.6. The molecule has 6 aromatic rings. The molecule has 0 radical (unpaired) electrons. The molecule has 0 aliphatic carbocycles. The summed E-state index contributed by atoms with van der Waals surface area (Å²) in [5.41, 5.74) is 2.49. The number of rotatable bonds is 12. The molecule has 4 aromatic carbocycles. The summed E-state index contributed by atoms with van der Waals surface area (Å²) in [6.45, 7) is 4.41. The molecule has 0 fully saturated rings. The van der Waals surface area contributed by atoms with Gasteiger partial charge >= 0.3 is 0 Å². The molecule has 16 heteroatoms. The van der Waals surface area contributed by atoms with Crippen LogP contribution in [0.1, 0.15) is 40.6 Å². The number of aromatic hydroxyl groups is 2. The van der Waals surface area contributed by atoms with E-state index in [1.54, 1.807) is 47.1 Å². The van der Waals surface area contributed by atoms with E-state index in [2.05, 4.69) is 20.3 Å². The number of aryl methyl sites for hydroxylation is 2. The van der Waals surface area contributed by atoms with Crippen LogP contribution in [0.3, 0.4) is 0 Å². The van der Waals surface area contributed by atoms with Gasteiger partial charge in [-0.1, -0.05) is 97.2 Å². The fourth-order valence-corrected chi connectivity index (χ4v) is 6.89. The van der Waals surface area contributed by atoms with Gasteiger partial charge in [-0.05, 0) is 78.1 Å². The number of anilines is 2. The minimum atomic E-state index is -0.655. The lowest BCUT2D eigenvalue weighted by atomic mass is 10.1. The van der Waals surface area contributed by atoms with E-state index in [4.69, 9.17) is 9.47 Å². The molecule has 0 aliphatic heterocycles. The standard InChI is InChI=1S/C22H20N4O3S.C21H18N4O3S/c1-3-20-25-26(14-15-7-5-4-6-8-15)22(30-20)24-21(28)17(13-23)11-16-9-10-18(27)19(12-16)29-2;1-3-19-23-24-21(29-19)25(16-7-5-4-6-8-16)20(27)15(13-22)11-14-9-10-17(26)18(12-14)28-2/h4-12,27H,3,14H2,1-2H3;4-12,26H,3H2,1-2H3/b17-11+,24-22?;15-11+. The van der Waals surface area contributed by atoms with Crippen LogP contribution in [0.5, 0.6) is 23.0 Å². The molecule has 0 aliphatic rings. The second-order valence-electron chi connectivity index (χ2n) is 12.2. The molecule has 2 amide bonds. The van der Waals surface area contributed by atoms with Crippen LogP contribution in [-0.4, -0.2) is 56.2 Å². The summed E-state index contributed by atoms with van der Waals surface area (Å²) in [6.07, 6.45) is 4.28. The number of benzene rings is 4. The van der Waals surface area contributed by atoms with Crippen molar-refractivity contribution in [2.75, 3.05) is 19.1 Å². The molecular formula is C43H38N8O6S2. The second-order valence-corrected chi connectivity index (χ2v) is 14.3. The molecule has 2 N–H and O–H groups in total. The number of nitrogens with zero attached hydrogens (tertiary/aromatic N) is 8. The number of methoxy groups -OCH3 is 2. The third-order valence-electron chi connectivity index (χ3n) is 8.24. The van der Waals surface area contributed by atoms with Gasteiger partial charge in [0.15, 0.2) is 23.0 Å². The first-order valence-electron chi connectivity index (χ1n) is 18.0. The van der Waals surface area contributed by atoms with E-state index < -0.39 is 11.8 Å². The molecular weight excluding hydrogens is 789 g/mol. The van der Waals surface area contributed by atoms with Crippen molar-refractivity contribution in [2.24, 2.45) is 4.99 Å². The van der Waals surface area contributed by atoms with Crippen molar-refractivity contribution in [3.05, 3.63) is 140 Å². The van der Waals surface area contributed by atoms with E-state index in [9.17, 15) is 30.3 Å². The minimum Gasteiger partial charge on any atom is -0.504 e. The van der Waals surface area contributed by atoms with Gasteiger partial charge in [0.25, 0.3) is 11.8 Å². The molecule has 0 atom stereocenters. The van der Waals surface area contributed by atoms with Gasteiger partial charge in [0, 0.05) is 0 Å². The molecule has 0 saturated carbocycles. The van der Waals surface area contributed by atoms with Crippen molar-refractivity contribution >= 4 is 57.5 Å². The Morgan fingerprint density at radius 1 is 0.780 bits per heavy atom. The molecule has 59 heavy (non-hydrogen) atoms. The van der Waals surface area contributed by atoms with Crippen LogP contribution < -0.4 is 19.2 Å². The SMILES string of the molecule is CCc1nn(Cc2ccccc2)c(=NC(=O)/C(C#N)=C/c2ccc(O)c(OC)c2)s1.CCc1nnc(N(C(=O)/C(C#N)=C/c2ccc(O)c(OC)c2)c2ccccc2)s1. The monoisotopic (exact) mass is 826 g/mol. The van der Waals surface area contributed by atoms with Crippen molar-refractivity contribution in [3.63, 3.8) is 0 Å². The topological polar surface area (TPSA) is 200 Å². The molecule has 0 unspecified atom stereocenters. The number of carbonyl (C=O) groups is 2. The maximum Gasteiger partial charge on any atom is 0.290 e. The maximum absolute atomic E-state index is 13.3. The summed E-state index contributed by atoms with van der Waals surface area (Å²) in [7, 11) is 2.85. The Hall–Kier alpha value is -7.40. The van der Waals surface area contributed by atoms with Crippen LogP contribution in [-0.2, 0) is 29.0 Å². The van der Waals surface area contributed by atoms with E-state index in [0.29, 0.717) is 39.7 Å². The number of amides is 2. The zero-order chi connectivity index (χ0) is 42.3. The first kappa shape index (κ1) is 42.7. The highest BCUT2D eigenvalue weighted by Gasteiger charge is 2.25. The molecule has 2 aromatic heterocycles. The highest BCUT2D eigenvalue weighted by molar-refractivity contribution is 7.15. The summed E-state index contributed by atoms with van der Waals surface area (Å²) in [5.74, 6) is -0.729. The van der Waals surface area contributed by atoms with Gasteiger partial charge in [-0.25, -0.2) is 9.58 Å². The Kier molecular flexibility index (Phi) is 15.0. The van der Waals surface area contributed by atoms with Crippen molar-refractivity contribution < 1.29 is 29.3 Å². The molecule has 298 valence electrons. The summed E-state index contributed by atoms with van der Waals surface area (Å²) >= 11 is 2.62. The predicted octanol–water partition coefficient (Wildman–Crippen LogP) is 7.39. The van der Waals surface area contributed by atoms with Crippen LogP contribution >= 0.6 is 22.7 Å². The Morgan fingerprint density at radius 2 is 1.34 bits per heavy atom. The van der Waals surface area contributed by atoms with Crippen molar-refractivity contribution in [1.82, 2.24) is 20.0 Å². The molecule has 6 rings (SSSR count). The summed E-state index contributed by atoms with van der Waals surface area (Å²) in [6, 6.07) is 31.8. The number of aromatic nitrogens is 4. The Bertz CT molecular complexity index is 2640. The van der Waals surface area contributed by atoms with Crippen LogP contribution in [0.4, 0.5) is 10.8 Å². The van der Waals surface area contributed by atoms with Gasteiger partial charge in [-0.2, -0.15) is 20.6 Å².